The second-order valence-electron chi connectivity index (χ2n) is 10.9. The Bertz CT molecular complexity index is 1260. The molecule has 3 amide bonds. The number of hydrogen-bond donors (Lipinski definition) is 4. The third-order valence-corrected chi connectivity index (χ3v) is 7.59. The number of benzene rings is 3. The average Bonchev–Trinajstić information content (AvgIpc) is 3.50. The first-order valence-electron chi connectivity index (χ1n) is 14.3. The highest BCUT2D eigenvalue weighted by Gasteiger charge is 2.43. The van der Waals surface area contributed by atoms with E-state index in [1.807, 2.05) is 91.0 Å². The summed E-state index contributed by atoms with van der Waals surface area (Å²) in [4.78, 5) is 42.4. The minimum atomic E-state index is -1.74. The minimum Gasteiger partial charge on any atom is -0.445 e. The highest BCUT2D eigenvalue weighted by atomic mass is 16.5. The minimum absolute atomic E-state index is 0.0315. The Morgan fingerprint density at radius 3 is 1.95 bits per heavy atom. The molecule has 9 nitrogen and oxygen atoms in total. The molecule has 4 N–H and O–H groups in total. The molecule has 220 valence electrons. The normalized spacial score (nSPS) is 16.1. The van der Waals surface area contributed by atoms with Crippen LogP contribution in [0.4, 0.5) is 4.79 Å². The lowest BCUT2D eigenvalue weighted by molar-refractivity contribution is -0.140. The molecule has 0 aliphatic carbocycles. The summed E-state index contributed by atoms with van der Waals surface area (Å²) in [5.41, 5.74) is 2.43. The Morgan fingerprint density at radius 2 is 1.43 bits per heavy atom. The van der Waals surface area contributed by atoms with E-state index >= 15 is 0 Å². The fraction of sp³-hybridized carbons (Fsp3) is 0.344. The standard InChI is InChI=1S/C32H38BN3O6/c1-22(2)29(33(40)41)35-30(37)26-19-12-20-36(26)31(38)28(34-32(39)42-21-23-13-6-3-7-14-23)27(24-15-8-4-9-16-24)25-17-10-5-11-18-25/h3-11,13-18,22,26-29,40-41H,12,19-21H2,1-2H3,(H,34,39)(H,35,37)/t26-,28-,29+/m1/s1. The zero-order valence-electron chi connectivity index (χ0n) is 23.9. The van der Waals surface area contributed by atoms with Crippen LogP contribution in [0.3, 0.4) is 0 Å². The molecule has 4 rings (SSSR count). The molecule has 1 aliphatic rings. The van der Waals surface area contributed by atoms with Crippen molar-refractivity contribution in [2.24, 2.45) is 5.92 Å². The summed E-state index contributed by atoms with van der Waals surface area (Å²) in [6.07, 6.45) is 0.249. The van der Waals surface area contributed by atoms with E-state index < -0.39 is 49.0 Å². The van der Waals surface area contributed by atoms with Gasteiger partial charge in [-0.25, -0.2) is 4.79 Å². The van der Waals surface area contributed by atoms with Crippen molar-refractivity contribution in [3.05, 3.63) is 108 Å². The second-order valence-corrected chi connectivity index (χ2v) is 10.9. The number of ether oxygens (including phenoxy) is 1. The number of rotatable bonds is 11. The monoisotopic (exact) mass is 571 g/mol. The fourth-order valence-electron chi connectivity index (χ4n) is 5.41. The van der Waals surface area contributed by atoms with Gasteiger partial charge in [0.05, 0.1) is 5.94 Å². The Kier molecular flexibility index (Phi) is 10.8. The first-order valence-corrected chi connectivity index (χ1v) is 14.3. The van der Waals surface area contributed by atoms with E-state index in [0.29, 0.717) is 19.4 Å². The Morgan fingerprint density at radius 1 is 0.881 bits per heavy atom. The molecule has 1 saturated heterocycles. The van der Waals surface area contributed by atoms with Crippen LogP contribution in [0, 0.1) is 5.92 Å². The predicted molar refractivity (Wildman–Crippen MR) is 160 cm³/mol. The first-order chi connectivity index (χ1) is 20.3. The van der Waals surface area contributed by atoms with Crippen LogP contribution >= 0.6 is 0 Å². The van der Waals surface area contributed by atoms with Gasteiger partial charge in [-0.3, -0.25) is 9.59 Å². The summed E-state index contributed by atoms with van der Waals surface area (Å²) >= 11 is 0. The van der Waals surface area contributed by atoms with Crippen molar-refractivity contribution in [2.75, 3.05) is 6.54 Å². The summed E-state index contributed by atoms with van der Waals surface area (Å²) in [7, 11) is -1.74. The predicted octanol–water partition coefficient (Wildman–Crippen LogP) is 3.26. The lowest BCUT2D eigenvalue weighted by Crippen LogP contribution is -2.58. The molecule has 1 fully saturated rings. The van der Waals surface area contributed by atoms with Gasteiger partial charge in [-0.2, -0.15) is 0 Å². The molecule has 1 aliphatic heterocycles. The van der Waals surface area contributed by atoms with Crippen molar-refractivity contribution in [1.82, 2.24) is 15.5 Å². The van der Waals surface area contributed by atoms with E-state index in [2.05, 4.69) is 10.6 Å². The number of carbonyl (C=O) groups is 3. The van der Waals surface area contributed by atoms with Crippen LogP contribution in [0.5, 0.6) is 0 Å². The SMILES string of the molecule is CC(C)[C@H](NC(=O)[C@H]1CCCN1C(=O)[C@H](NC(=O)OCc1ccccc1)C(c1ccccc1)c1ccccc1)B(O)O. The van der Waals surface area contributed by atoms with Crippen molar-refractivity contribution in [3.63, 3.8) is 0 Å². The molecular formula is C32H38BN3O6. The third kappa shape index (κ3) is 7.77. The van der Waals surface area contributed by atoms with Gasteiger partial charge in [0, 0.05) is 12.5 Å². The maximum Gasteiger partial charge on any atom is 0.475 e. The van der Waals surface area contributed by atoms with Gasteiger partial charge >= 0.3 is 13.2 Å². The number of hydrogen-bond acceptors (Lipinski definition) is 6. The molecule has 3 atom stereocenters. The van der Waals surface area contributed by atoms with Gasteiger partial charge in [-0.15, -0.1) is 0 Å². The highest BCUT2D eigenvalue weighted by Crippen LogP contribution is 2.31. The summed E-state index contributed by atoms with van der Waals surface area (Å²) in [6, 6.07) is 26.2. The van der Waals surface area contributed by atoms with Crippen molar-refractivity contribution >= 4 is 25.0 Å². The number of likely N-dealkylation sites (tertiary alicyclic amines) is 1. The molecular weight excluding hydrogens is 533 g/mol. The van der Waals surface area contributed by atoms with Crippen LogP contribution < -0.4 is 10.6 Å². The zero-order valence-corrected chi connectivity index (χ0v) is 23.9. The van der Waals surface area contributed by atoms with E-state index in [1.54, 1.807) is 13.8 Å². The largest absolute Gasteiger partial charge is 0.475 e. The van der Waals surface area contributed by atoms with E-state index in [4.69, 9.17) is 4.74 Å². The summed E-state index contributed by atoms with van der Waals surface area (Å²) in [5, 5.41) is 25.1. The van der Waals surface area contributed by atoms with Gasteiger partial charge in [0.2, 0.25) is 11.8 Å². The van der Waals surface area contributed by atoms with Crippen LogP contribution in [-0.2, 0) is 20.9 Å². The number of nitrogens with zero attached hydrogens (tertiary/aromatic N) is 1. The van der Waals surface area contributed by atoms with Crippen LogP contribution in [0.15, 0.2) is 91.0 Å². The lowest BCUT2D eigenvalue weighted by atomic mass is 9.73. The van der Waals surface area contributed by atoms with Gasteiger partial charge in [0.1, 0.15) is 18.7 Å². The summed E-state index contributed by atoms with van der Waals surface area (Å²) < 4.78 is 5.52. The van der Waals surface area contributed by atoms with E-state index in [9.17, 15) is 24.4 Å². The fourth-order valence-corrected chi connectivity index (χ4v) is 5.41. The van der Waals surface area contributed by atoms with E-state index in [0.717, 1.165) is 16.7 Å². The van der Waals surface area contributed by atoms with Gasteiger partial charge in [-0.05, 0) is 35.4 Å². The van der Waals surface area contributed by atoms with Crippen LogP contribution in [0.2, 0.25) is 0 Å². The molecule has 10 heteroatoms. The maximum atomic E-state index is 14.4. The van der Waals surface area contributed by atoms with Gasteiger partial charge in [-0.1, -0.05) is 105 Å². The maximum absolute atomic E-state index is 14.4. The van der Waals surface area contributed by atoms with Crippen LogP contribution in [-0.4, -0.2) is 64.5 Å². The second kappa shape index (κ2) is 14.7. The van der Waals surface area contributed by atoms with Crippen molar-refractivity contribution < 1.29 is 29.2 Å². The molecule has 0 bridgehead atoms. The molecule has 3 aromatic rings. The number of alkyl carbamates (subject to hydrolysis) is 1. The first kappa shape index (κ1) is 30.8. The highest BCUT2D eigenvalue weighted by molar-refractivity contribution is 6.43. The Balaban J connectivity index is 1.65. The lowest BCUT2D eigenvalue weighted by Gasteiger charge is -2.34. The van der Waals surface area contributed by atoms with Crippen molar-refractivity contribution in [3.8, 4) is 0 Å². The van der Waals surface area contributed by atoms with Gasteiger partial charge in [0.15, 0.2) is 0 Å². The van der Waals surface area contributed by atoms with Crippen molar-refractivity contribution in [2.45, 2.75) is 57.2 Å². The third-order valence-electron chi connectivity index (χ3n) is 7.59. The van der Waals surface area contributed by atoms with Gasteiger partial charge in [0.25, 0.3) is 0 Å². The Labute approximate surface area is 247 Å². The zero-order chi connectivity index (χ0) is 30.1. The summed E-state index contributed by atoms with van der Waals surface area (Å²) in [6.45, 7) is 3.89. The topological polar surface area (TPSA) is 128 Å². The van der Waals surface area contributed by atoms with Crippen molar-refractivity contribution in [1.29, 1.82) is 0 Å². The number of amides is 3. The Hall–Kier alpha value is -4.15. The molecule has 0 radical (unpaired) electrons. The molecule has 0 spiro atoms. The van der Waals surface area contributed by atoms with Crippen LogP contribution in [0.25, 0.3) is 0 Å². The van der Waals surface area contributed by atoms with Gasteiger partial charge < -0.3 is 30.3 Å². The molecule has 0 saturated carbocycles. The molecule has 42 heavy (non-hydrogen) atoms. The smallest absolute Gasteiger partial charge is 0.445 e. The van der Waals surface area contributed by atoms with E-state index in [1.165, 1.54) is 4.90 Å². The molecule has 3 aromatic carbocycles. The number of nitrogens with one attached hydrogen (secondary N) is 2. The molecule has 0 unspecified atom stereocenters. The summed E-state index contributed by atoms with van der Waals surface area (Å²) in [5.74, 6) is -2.59. The molecule has 0 aromatic heterocycles. The average molecular weight is 571 g/mol. The molecule has 1 heterocycles. The van der Waals surface area contributed by atoms with Crippen LogP contribution in [0.1, 0.15) is 49.3 Å². The number of carbonyl (C=O) groups excluding carboxylic acids is 3. The quantitative estimate of drug-likeness (QED) is 0.262. The van der Waals surface area contributed by atoms with E-state index in [-0.39, 0.29) is 12.5 Å².